The molecule has 1 saturated heterocycles. The molecule has 0 radical (unpaired) electrons. The monoisotopic (exact) mass is 351 g/mol. The lowest BCUT2D eigenvalue weighted by Crippen LogP contribution is -2.45. The van der Waals surface area contributed by atoms with Crippen LogP contribution < -0.4 is 5.32 Å². The Morgan fingerprint density at radius 3 is 2.81 bits per heavy atom. The Labute approximate surface area is 152 Å². The second-order valence-electron chi connectivity index (χ2n) is 7.30. The van der Waals surface area contributed by atoms with Crippen LogP contribution in [-0.2, 0) is 11.2 Å². The van der Waals surface area contributed by atoms with Crippen LogP contribution in [0.3, 0.4) is 0 Å². The molecule has 1 fully saturated rings. The number of nitrogens with zero attached hydrogens (tertiary/aromatic N) is 2. The Bertz CT molecular complexity index is 835. The molecule has 0 spiro atoms. The lowest BCUT2D eigenvalue weighted by atomic mass is 9.88. The van der Waals surface area contributed by atoms with E-state index in [2.05, 4.69) is 34.5 Å². The normalized spacial score (nSPS) is 27.3. The van der Waals surface area contributed by atoms with Gasteiger partial charge in [-0.2, -0.15) is 0 Å². The van der Waals surface area contributed by atoms with Gasteiger partial charge in [0, 0.05) is 25.6 Å². The zero-order valence-electron chi connectivity index (χ0n) is 14.6. The highest BCUT2D eigenvalue weighted by Gasteiger charge is 2.37. The Morgan fingerprint density at radius 2 is 1.92 bits per heavy atom. The lowest BCUT2D eigenvalue weighted by Gasteiger charge is -2.40. The number of nitrogens with one attached hydrogen (secondary N) is 1. The molecule has 0 saturated carbocycles. The zero-order valence-corrected chi connectivity index (χ0v) is 14.6. The second-order valence-corrected chi connectivity index (χ2v) is 7.30. The van der Waals surface area contributed by atoms with Crippen molar-refractivity contribution in [2.75, 3.05) is 26.2 Å². The van der Waals surface area contributed by atoms with E-state index in [0.29, 0.717) is 18.6 Å². The minimum absolute atomic E-state index is 0.00483. The van der Waals surface area contributed by atoms with Gasteiger partial charge in [-0.25, -0.2) is 9.38 Å². The van der Waals surface area contributed by atoms with Crippen LogP contribution in [0.2, 0.25) is 0 Å². The number of fused-ring (bicyclic) bond motifs is 2. The van der Waals surface area contributed by atoms with Gasteiger partial charge in [0.2, 0.25) is 0 Å². The molecule has 3 aliphatic heterocycles. The van der Waals surface area contributed by atoms with E-state index in [0.717, 1.165) is 37.6 Å². The third kappa shape index (κ3) is 2.67. The Kier molecular flexibility index (Phi) is 3.89. The molecule has 0 aromatic heterocycles. The number of hydrogen-bond acceptors (Lipinski definition) is 4. The van der Waals surface area contributed by atoms with E-state index in [4.69, 9.17) is 9.73 Å². The summed E-state index contributed by atoms with van der Waals surface area (Å²) in [6.07, 6.45) is 0.961. The van der Waals surface area contributed by atoms with Crippen LogP contribution in [-0.4, -0.2) is 43.2 Å². The van der Waals surface area contributed by atoms with Crippen molar-refractivity contribution in [1.82, 2.24) is 10.2 Å². The first-order chi connectivity index (χ1) is 12.8. The molecule has 3 atom stereocenters. The minimum Gasteiger partial charge on any atom is -0.465 e. The molecule has 26 heavy (non-hydrogen) atoms. The quantitative estimate of drug-likeness (QED) is 0.858. The van der Waals surface area contributed by atoms with Gasteiger partial charge >= 0.3 is 0 Å². The largest absolute Gasteiger partial charge is 0.465 e. The van der Waals surface area contributed by atoms with Gasteiger partial charge in [0.1, 0.15) is 5.82 Å². The van der Waals surface area contributed by atoms with Gasteiger partial charge in [-0.1, -0.05) is 36.4 Å². The van der Waals surface area contributed by atoms with E-state index in [9.17, 15) is 4.39 Å². The molecule has 4 nitrogen and oxygen atoms in total. The maximum atomic E-state index is 13.5. The summed E-state index contributed by atoms with van der Waals surface area (Å²) < 4.78 is 19.6. The van der Waals surface area contributed by atoms with Crippen LogP contribution in [0.25, 0.3) is 0 Å². The fourth-order valence-corrected chi connectivity index (χ4v) is 4.34. The maximum absolute atomic E-state index is 13.5. The van der Waals surface area contributed by atoms with Crippen molar-refractivity contribution in [2.24, 2.45) is 10.9 Å². The predicted octanol–water partition coefficient (Wildman–Crippen LogP) is 2.75. The molecule has 1 N–H and O–H groups in total. The molecule has 134 valence electrons. The van der Waals surface area contributed by atoms with Crippen LogP contribution in [0.15, 0.2) is 53.5 Å². The van der Waals surface area contributed by atoms with Gasteiger partial charge in [0.15, 0.2) is 0 Å². The second kappa shape index (κ2) is 6.40. The van der Waals surface area contributed by atoms with Crippen molar-refractivity contribution >= 4 is 6.02 Å². The van der Waals surface area contributed by atoms with Gasteiger partial charge in [-0.3, -0.25) is 0 Å². The Balaban J connectivity index is 1.56. The fourth-order valence-electron chi connectivity index (χ4n) is 4.34. The molecule has 0 aliphatic carbocycles. The first-order valence-electron chi connectivity index (χ1n) is 9.31. The molecule has 0 bridgehead atoms. The standard InChI is InChI=1S/C21H22FN3O/c22-17-7-5-15(6-8-17)20-18-4-2-1-3-14(18)9-10-25(20)21-24-19-12-23-11-16(19)13-26-21/h1-8,16,19-20,23H,9-13H2/t16-,19-,20-/m0/s1. The summed E-state index contributed by atoms with van der Waals surface area (Å²) in [4.78, 5) is 7.17. The molecular weight excluding hydrogens is 329 g/mol. The van der Waals surface area contributed by atoms with Crippen LogP contribution in [0, 0.1) is 11.7 Å². The highest BCUT2D eigenvalue weighted by molar-refractivity contribution is 5.76. The molecule has 0 unspecified atom stereocenters. The molecule has 5 rings (SSSR count). The van der Waals surface area contributed by atoms with E-state index in [1.165, 1.54) is 23.3 Å². The van der Waals surface area contributed by atoms with Gasteiger partial charge in [0.25, 0.3) is 6.02 Å². The Hall–Kier alpha value is -2.40. The van der Waals surface area contributed by atoms with Crippen molar-refractivity contribution in [3.8, 4) is 0 Å². The highest BCUT2D eigenvalue weighted by atomic mass is 19.1. The number of hydrogen-bond donors (Lipinski definition) is 1. The maximum Gasteiger partial charge on any atom is 0.288 e. The van der Waals surface area contributed by atoms with Crippen molar-refractivity contribution in [1.29, 1.82) is 0 Å². The summed E-state index contributed by atoms with van der Waals surface area (Å²) in [6, 6.07) is 16.4. The van der Waals surface area contributed by atoms with E-state index >= 15 is 0 Å². The Morgan fingerprint density at radius 1 is 1.08 bits per heavy atom. The van der Waals surface area contributed by atoms with Crippen molar-refractivity contribution < 1.29 is 9.13 Å². The molecule has 0 amide bonds. The summed E-state index contributed by atoms with van der Waals surface area (Å²) >= 11 is 0. The average molecular weight is 351 g/mol. The van der Waals surface area contributed by atoms with Crippen molar-refractivity contribution in [3.05, 3.63) is 71.0 Å². The lowest BCUT2D eigenvalue weighted by molar-refractivity contribution is 0.151. The summed E-state index contributed by atoms with van der Waals surface area (Å²) in [6.45, 7) is 3.46. The number of benzene rings is 2. The van der Waals surface area contributed by atoms with Gasteiger partial charge in [-0.15, -0.1) is 0 Å². The number of ether oxygens (including phenoxy) is 1. The smallest absolute Gasteiger partial charge is 0.288 e. The minimum atomic E-state index is -0.212. The average Bonchev–Trinajstić information content (AvgIpc) is 3.16. The van der Waals surface area contributed by atoms with Crippen LogP contribution in [0.4, 0.5) is 4.39 Å². The van der Waals surface area contributed by atoms with Crippen molar-refractivity contribution in [3.63, 3.8) is 0 Å². The third-order valence-corrected chi connectivity index (χ3v) is 5.72. The number of rotatable bonds is 1. The molecule has 3 aliphatic rings. The van der Waals surface area contributed by atoms with E-state index < -0.39 is 0 Å². The van der Waals surface area contributed by atoms with Crippen molar-refractivity contribution in [2.45, 2.75) is 18.5 Å². The number of amidine groups is 1. The first kappa shape index (κ1) is 15.8. The van der Waals surface area contributed by atoms with Gasteiger partial charge < -0.3 is 15.0 Å². The van der Waals surface area contributed by atoms with E-state index in [-0.39, 0.29) is 11.9 Å². The van der Waals surface area contributed by atoms with Crippen LogP contribution in [0.1, 0.15) is 22.7 Å². The van der Waals surface area contributed by atoms with E-state index in [1.54, 1.807) is 0 Å². The third-order valence-electron chi connectivity index (χ3n) is 5.72. The van der Waals surface area contributed by atoms with Crippen LogP contribution in [0.5, 0.6) is 0 Å². The number of halogens is 1. The SMILES string of the molecule is Fc1ccc([C@H]2c3ccccc3CCN2C2=N[C@H]3CNC[C@H]3CO2)cc1. The molecule has 2 aromatic carbocycles. The molecule has 3 heterocycles. The van der Waals surface area contributed by atoms with Gasteiger partial charge in [0.05, 0.1) is 18.7 Å². The molecular formula is C21H22FN3O. The summed E-state index contributed by atoms with van der Waals surface area (Å²) in [7, 11) is 0. The van der Waals surface area contributed by atoms with Gasteiger partial charge in [-0.05, 0) is 35.2 Å². The molecule has 2 aromatic rings. The zero-order chi connectivity index (χ0) is 17.5. The van der Waals surface area contributed by atoms with Crippen LogP contribution >= 0.6 is 0 Å². The summed E-state index contributed by atoms with van der Waals surface area (Å²) in [5.74, 6) is 0.260. The highest BCUT2D eigenvalue weighted by Crippen LogP contribution is 2.36. The summed E-state index contributed by atoms with van der Waals surface area (Å²) in [5.41, 5.74) is 3.66. The summed E-state index contributed by atoms with van der Waals surface area (Å²) in [5, 5.41) is 3.41. The number of aliphatic imine (C=N–C) groups is 1. The van der Waals surface area contributed by atoms with E-state index in [1.807, 2.05) is 12.1 Å². The topological polar surface area (TPSA) is 36.9 Å². The molecule has 5 heteroatoms. The first-order valence-corrected chi connectivity index (χ1v) is 9.31. The fraction of sp³-hybridized carbons (Fsp3) is 0.381. The predicted molar refractivity (Wildman–Crippen MR) is 98.6 cm³/mol.